The molecule has 0 radical (unpaired) electrons. The van der Waals surface area contributed by atoms with E-state index in [1.54, 1.807) is 44.4 Å². The fourth-order valence-electron chi connectivity index (χ4n) is 3.07. The van der Waals surface area contributed by atoms with Crippen molar-refractivity contribution in [3.63, 3.8) is 0 Å². The summed E-state index contributed by atoms with van der Waals surface area (Å²) in [5, 5.41) is 12.3. The van der Waals surface area contributed by atoms with E-state index < -0.39 is 6.04 Å². The van der Waals surface area contributed by atoms with E-state index in [4.69, 9.17) is 26.2 Å². The van der Waals surface area contributed by atoms with Crippen molar-refractivity contribution in [2.75, 3.05) is 27.4 Å². The van der Waals surface area contributed by atoms with E-state index in [0.29, 0.717) is 29.5 Å². The van der Waals surface area contributed by atoms with E-state index in [0.717, 1.165) is 11.1 Å². The molecule has 168 valence electrons. The van der Waals surface area contributed by atoms with Crippen LogP contribution in [-0.2, 0) is 22.6 Å². The fourth-order valence-corrected chi connectivity index (χ4v) is 3.20. The van der Waals surface area contributed by atoms with Crippen LogP contribution in [0.5, 0.6) is 11.5 Å². The van der Waals surface area contributed by atoms with Crippen LogP contribution in [0.3, 0.4) is 0 Å². The summed E-state index contributed by atoms with van der Waals surface area (Å²) in [6.45, 7) is 2.29. The van der Waals surface area contributed by atoms with Crippen molar-refractivity contribution < 1.29 is 24.2 Å². The van der Waals surface area contributed by atoms with Gasteiger partial charge in [0.15, 0.2) is 11.5 Å². The Morgan fingerprint density at radius 2 is 1.71 bits per heavy atom. The van der Waals surface area contributed by atoms with Crippen LogP contribution in [-0.4, -0.2) is 55.2 Å². The molecule has 7 nitrogen and oxygen atoms in total. The Morgan fingerprint density at radius 1 is 1.06 bits per heavy atom. The van der Waals surface area contributed by atoms with Gasteiger partial charge < -0.3 is 24.8 Å². The van der Waals surface area contributed by atoms with Crippen LogP contribution in [0.15, 0.2) is 42.5 Å². The van der Waals surface area contributed by atoms with Gasteiger partial charge >= 0.3 is 0 Å². The summed E-state index contributed by atoms with van der Waals surface area (Å²) in [4.78, 5) is 27.4. The summed E-state index contributed by atoms with van der Waals surface area (Å²) in [7, 11) is 3.09. The molecule has 2 rings (SSSR count). The molecular weight excluding hydrogens is 420 g/mol. The average Bonchev–Trinajstić information content (AvgIpc) is 2.78. The molecule has 0 saturated heterocycles. The highest BCUT2D eigenvalue weighted by Gasteiger charge is 2.26. The number of carbonyl (C=O) groups is 2. The summed E-state index contributed by atoms with van der Waals surface area (Å²) < 4.78 is 10.6. The largest absolute Gasteiger partial charge is 0.493 e. The second kappa shape index (κ2) is 12.2. The van der Waals surface area contributed by atoms with Gasteiger partial charge in [-0.25, -0.2) is 0 Å². The first-order valence-corrected chi connectivity index (χ1v) is 10.4. The average molecular weight is 449 g/mol. The first-order chi connectivity index (χ1) is 14.9. The molecule has 0 aliphatic heterocycles. The first kappa shape index (κ1) is 24.5. The van der Waals surface area contributed by atoms with Gasteiger partial charge in [-0.2, -0.15) is 0 Å². The summed E-state index contributed by atoms with van der Waals surface area (Å²) in [6, 6.07) is 11.8. The molecule has 8 heteroatoms. The van der Waals surface area contributed by atoms with Gasteiger partial charge in [-0.3, -0.25) is 9.59 Å². The number of rotatable bonds is 11. The highest BCUT2D eigenvalue weighted by atomic mass is 35.5. The Balaban J connectivity index is 2.22. The van der Waals surface area contributed by atoms with Gasteiger partial charge in [-0.1, -0.05) is 29.8 Å². The normalized spacial score (nSPS) is 11.5. The lowest BCUT2D eigenvalue weighted by molar-refractivity contribution is -0.140. The molecular formula is C23H29ClN2O5. The molecule has 0 bridgehead atoms. The van der Waals surface area contributed by atoms with Gasteiger partial charge in [-0.15, -0.1) is 0 Å². The number of ether oxygens (including phenoxy) is 2. The van der Waals surface area contributed by atoms with Crippen molar-refractivity contribution in [2.45, 2.75) is 32.4 Å². The Kier molecular flexibility index (Phi) is 9.62. The SMILES string of the molecule is COc1ccc(CC(=O)N(Cc2ccc(Cl)cc2)[C@H](C)C(=O)NCCCO)cc1OC. The lowest BCUT2D eigenvalue weighted by atomic mass is 10.1. The van der Waals surface area contributed by atoms with E-state index in [1.165, 1.54) is 12.0 Å². The summed E-state index contributed by atoms with van der Waals surface area (Å²) >= 11 is 5.97. The molecule has 0 aliphatic rings. The number of carbonyl (C=O) groups excluding carboxylic acids is 2. The van der Waals surface area contributed by atoms with Crippen LogP contribution in [0.4, 0.5) is 0 Å². The van der Waals surface area contributed by atoms with E-state index in [2.05, 4.69) is 5.32 Å². The van der Waals surface area contributed by atoms with Crippen LogP contribution in [0, 0.1) is 0 Å². The van der Waals surface area contributed by atoms with Crippen molar-refractivity contribution in [3.8, 4) is 11.5 Å². The van der Waals surface area contributed by atoms with Gasteiger partial charge in [0.05, 0.1) is 20.6 Å². The fraction of sp³-hybridized carbons (Fsp3) is 0.391. The van der Waals surface area contributed by atoms with Crippen LogP contribution >= 0.6 is 11.6 Å². The number of aliphatic hydroxyl groups excluding tert-OH is 1. The Bertz CT molecular complexity index is 873. The number of nitrogens with zero attached hydrogens (tertiary/aromatic N) is 1. The highest BCUT2D eigenvalue weighted by Crippen LogP contribution is 2.28. The zero-order valence-electron chi connectivity index (χ0n) is 18.1. The quantitative estimate of drug-likeness (QED) is 0.516. The van der Waals surface area contributed by atoms with Gasteiger partial charge in [0.25, 0.3) is 0 Å². The molecule has 0 unspecified atom stereocenters. The predicted molar refractivity (Wildman–Crippen MR) is 119 cm³/mol. The molecule has 0 saturated carbocycles. The molecule has 2 amide bonds. The maximum atomic E-state index is 13.2. The van der Waals surface area contributed by atoms with Gasteiger partial charge in [-0.05, 0) is 48.7 Å². The molecule has 31 heavy (non-hydrogen) atoms. The molecule has 1 atom stereocenters. The van der Waals surface area contributed by atoms with Crippen molar-refractivity contribution >= 4 is 23.4 Å². The minimum atomic E-state index is -0.693. The summed E-state index contributed by atoms with van der Waals surface area (Å²) in [5.41, 5.74) is 1.61. The number of methoxy groups -OCH3 is 2. The monoisotopic (exact) mass is 448 g/mol. The predicted octanol–water partition coefficient (Wildman–Crippen LogP) is 2.82. The Hall–Kier alpha value is -2.77. The van der Waals surface area contributed by atoms with E-state index >= 15 is 0 Å². The first-order valence-electron chi connectivity index (χ1n) is 10.0. The number of hydrogen-bond donors (Lipinski definition) is 2. The third kappa shape index (κ3) is 7.15. The van der Waals surface area contributed by atoms with E-state index in [-0.39, 0.29) is 31.4 Å². The zero-order chi connectivity index (χ0) is 22.8. The van der Waals surface area contributed by atoms with E-state index in [9.17, 15) is 9.59 Å². The number of halogens is 1. The minimum absolute atomic E-state index is 0.0125. The number of nitrogens with one attached hydrogen (secondary N) is 1. The van der Waals surface area contributed by atoms with Crippen LogP contribution in [0.25, 0.3) is 0 Å². The maximum absolute atomic E-state index is 13.2. The molecule has 2 N–H and O–H groups in total. The Morgan fingerprint density at radius 3 is 2.32 bits per heavy atom. The molecule has 0 aromatic heterocycles. The van der Waals surface area contributed by atoms with Crippen molar-refractivity contribution in [3.05, 3.63) is 58.6 Å². The zero-order valence-corrected chi connectivity index (χ0v) is 18.8. The van der Waals surface area contributed by atoms with Gasteiger partial charge in [0.1, 0.15) is 6.04 Å². The maximum Gasteiger partial charge on any atom is 0.242 e. The second-order valence-electron chi connectivity index (χ2n) is 7.06. The van der Waals surface area contributed by atoms with Gasteiger partial charge in [0, 0.05) is 24.7 Å². The molecule has 2 aromatic rings. The topological polar surface area (TPSA) is 88.1 Å². The van der Waals surface area contributed by atoms with Crippen LogP contribution in [0.1, 0.15) is 24.5 Å². The number of hydrogen-bond acceptors (Lipinski definition) is 5. The van der Waals surface area contributed by atoms with Crippen LogP contribution in [0.2, 0.25) is 5.02 Å². The highest BCUT2D eigenvalue weighted by molar-refractivity contribution is 6.30. The number of benzene rings is 2. The number of amides is 2. The standard InChI is InChI=1S/C23H29ClN2O5/c1-16(23(29)25-11-4-12-27)26(15-17-5-8-19(24)9-6-17)22(28)14-18-7-10-20(30-2)21(13-18)31-3/h5-10,13,16,27H,4,11-12,14-15H2,1-3H3,(H,25,29)/t16-/m1/s1. The molecule has 0 spiro atoms. The van der Waals surface area contributed by atoms with Crippen molar-refractivity contribution in [1.29, 1.82) is 0 Å². The number of aliphatic hydroxyl groups is 1. The van der Waals surface area contributed by atoms with Crippen molar-refractivity contribution in [1.82, 2.24) is 10.2 Å². The molecule has 0 aliphatic carbocycles. The molecule has 0 fully saturated rings. The van der Waals surface area contributed by atoms with Crippen LogP contribution < -0.4 is 14.8 Å². The molecule has 2 aromatic carbocycles. The molecule has 0 heterocycles. The van der Waals surface area contributed by atoms with Crippen molar-refractivity contribution in [2.24, 2.45) is 0 Å². The smallest absolute Gasteiger partial charge is 0.242 e. The third-order valence-corrected chi connectivity index (χ3v) is 5.12. The summed E-state index contributed by atoms with van der Waals surface area (Å²) in [5.74, 6) is 0.634. The van der Waals surface area contributed by atoms with Gasteiger partial charge in [0.2, 0.25) is 11.8 Å². The third-order valence-electron chi connectivity index (χ3n) is 4.87. The minimum Gasteiger partial charge on any atom is -0.493 e. The second-order valence-corrected chi connectivity index (χ2v) is 7.49. The lowest BCUT2D eigenvalue weighted by Gasteiger charge is -2.29. The Labute approximate surface area is 187 Å². The van der Waals surface area contributed by atoms with E-state index in [1.807, 2.05) is 12.1 Å². The summed E-state index contributed by atoms with van der Waals surface area (Å²) in [6.07, 6.45) is 0.553. The lowest BCUT2D eigenvalue weighted by Crippen LogP contribution is -2.48.